The first-order valence-corrected chi connectivity index (χ1v) is 6.66. The summed E-state index contributed by atoms with van der Waals surface area (Å²) in [4.78, 5) is 20.3. The zero-order valence-electron chi connectivity index (χ0n) is 11.6. The normalized spacial score (nSPS) is 10.7. The Bertz CT molecular complexity index is 782. The van der Waals surface area contributed by atoms with Crippen molar-refractivity contribution in [1.29, 1.82) is 0 Å². The second kappa shape index (κ2) is 5.70. The Morgan fingerprint density at radius 3 is 3.10 bits per heavy atom. The second-order valence-electron chi connectivity index (χ2n) is 4.50. The minimum atomic E-state index is -0.364. The number of pyridine rings is 2. The maximum Gasteiger partial charge on any atom is 0.341 e. The molecule has 0 amide bonds. The van der Waals surface area contributed by atoms with Gasteiger partial charge in [0.1, 0.15) is 0 Å². The number of rotatable bonds is 4. The van der Waals surface area contributed by atoms with E-state index in [1.807, 2.05) is 24.3 Å². The van der Waals surface area contributed by atoms with Crippen LogP contribution in [-0.4, -0.2) is 32.3 Å². The Labute approximate surface area is 121 Å². The third kappa shape index (κ3) is 2.89. The highest BCUT2D eigenvalue weighted by Crippen LogP contribution is 2.10. The topological polar surface area (TPSA) is 69.9 Å². The molecule has 0 saturated heterocycles. The van der Waals surface area contributed by atoms with E-state index in [-0.39, 0.29) is 5.97 Å². The van der Waals surface area contributed by atoms with Crippen LogP contribution in [0, 0.1) is 0 Å². The molecule has 0 bridgehead atoms. The fourth-order valence-corrected chi connectivity index (χ4v) is 2.02. The molecule has 0 atom stereocenters. The molecule has 0 saturated carbocycles. The van der Waals surface area contributed by atoms with E-state index in [9.17, 15) is 4.79 Å². The van der Waals surface area contributed by atoms with Crippen molar-refractivity contribution in [1.82, 2.24) is 19.7 Å². The number of ether oxygens (including phenoxy) is 1. The molecule has 0 aromatic carbocycles. The van der Waals surface area contributed by atoms with Gasteiger partial charge in [0.05, 0.1) is 30.6 Å². The van der Waals surface area contributed by atoms with Gasteiger partial charge in [-0.3, -0.25) is 4.68 Å². The van der Waals surface area contributed by atoms with Crippen molar-refractivity contribution in [2.45, 2.75) is 13.5 Å². The molecule has 21 heavy (non-hydrogen) atoms. The number of carbonyl (C=O) groups excluding carboxylic acids is 1. The molecule has 0 N–H and O–H groups in total. The number of fused-ring (bicyclic) bond motifs is 1. The molecule has 3 rings (SSSR count). The predicted molar refractivity (Wildman–Crippen MR) is 76.8 cm³/mol. The van der Waals surface area contributed by atoms with Crippen LogP contribution in [0.3, 0.4) is 0 Å². The lowest BCUT2D eigenvalue weighted by atomic mass is 10.2. The van der Waals surface area contributed by atoms with Crippen LogP contribution in [-0.2, 0) is 11.3 Å². The van der Waals surface area contributed by atoms with Crippen molar-refractivity contribution >= 4 is 17.0 Å². The summed E-state index contributed by atoms with van der Waals surface area (Å²) >= 11 is 0. The lowest BCUT2D eigenvalue weighted by Gasteiger charge is -2.02. The number of esters is 1. The van der Waals surface area contributed by atoms with E-state index in [0.717, 1.165) is 11.1 Å². The van der Waals surface area contributed by atoms with Crippen LogP contribution in [0.2, 0.25) is 0 Å². The van der Waals surface area contributed by atoms with Crippen molar-refractivity contribution in [3.63, 3.8) is 0 Å². The molecule has 0 aliphatic carbocycles. The van der Waals surface area contributed by atoms with Gasteiger partial charge in [0.2, 0.25) is 0 Å². The van der Waals surface area contributed by atoms with Crippen molar-refractivity contribution < 1.29 is 9.53 Å². The van der Waals surface area contributed by atoms with Crippen molar-refractivity contribution in [3.05, 3.63) is 54.1 Å². The van der Waals surface area contributed by atoms with Crippen LogP contribution < -0.4 is 0 Å². The quantitative estimate of drug-likeness (QED) is 0.685. The van der Waals surface area contributed by atoms with Crippen LogP contribution in [0.15, 0.2) is 42.9 Å². The van der Waals surface area contributed by atoms with E-state index < -0.39 is 0 Å². The minimum Gasteiger partial charge on any atom is -0.462 e. The van der Waals surface area contributed by atoms with Crippen LogP contribution in [0.1, 0.15) is 23.0 Å². The summed E-state index contributed by atoms with van der Waals surface area (Å²) in [6.45, 7) is 2.60. The number of aromatic nitrogens is 4. The van der Waals surface area contributed by atoms with E-state index in [2.05, 4.69) is 15.1 Å². The Hall–Kier alpha value is -2.76. The molecule has 3 heterocycles. The van der Waals surface area contributed by atoms with Crippen LogP contribution in [0.25, 0.3) is 11.0 Å². The Kier molecular flexibility index (Phi) is 3.59. The first-order chi connectivity index (χ1) is 10.3. The summed E-state index contributed by atoms with van der Waals surface area (Å²) in [5, 5.41) is 5.14. The molecule has 0 spiro atoms. The fourth-order valence-electron chi connectivity index (χ4n) is 2.02. The molecule has 3 aromatic heterocycles. The average molecular weight is 282 g/mol. The molecule has 0 aliphatic rings. The summed E-state index contributed by atoms with van der Waals surface area (Å²) < 4.78 is 6.59. The fraction of sp³-hybridized carbons (Fsp3) is 0.200. The van der Waals surface area contributed by atoms with Gasteiger partial charge in [0, 0.05) is 17.8 Å². The summed E-state index contributed by atoms with van der Waals surface area (Å²) in [7, 11) is 0. The largest absolute Gasteiger partial charge is 0.462 e. The standard InChI is InChI=1S/C15H14N4O2/c1-2-21-15(20)12-8-17-19(9-12)10-13-6-5-11-4-3-7-16-14(11)18-13/h3-9H,2,10H2,1H3. The zero-order chi connectivity index (χ0) is 14.7. The predicted octanol–water partition coefficient (Wildman–Crippen LogP) is 2.05. The molecule has 0 aliphatic heterocycles. The maximum atomic E-state index is 11.6. The monoisotopic (exact) mass is 282 g/mol. The SMILES string of the molecule is CCOC(=O)c1cnn(Cc2ccc3cccnc3n2)c1. The van der Waals surface area contributed by atoms with Gasteiger partial charge in [-0.25, -0.2) is 14.8 Å². The molecule has 6 nitrogen and oxygen atoms in total. The lowest BCUT2D eigenvalue weighted by molar-refractivity contribution is 0.0526. The number of hydrogen-bond acceptors (Lipinski definition) is 5. The molecule has 3 aromatic rings. The molecule has 0 radical (unpaired) electrons. The van der Waals surface area contributed by atoms with Crippen molar-refractivity contribution in [2.24, 2.45) is 0 Å². The first-order valence-electron chi connectivity index (χ1n) is 6.66. The van der Waals surface area contributed by atoms with Crippen LogP contribution >= 0.6 is 0 Å². The molecule has 0 fully saturated rings. The highest BCUT2D eigenvalue weighted by Gasteiger charge is 2.09. The summed E-state index contributed by atoms with van der Waals surface area (Å²) in [5.74, 6) is -0.364. The average Bonchev–Trinajstić information content (AvgIpc) is 2.96. The van der Waals surface area contributed by atoms with Gasteiger partial charge < -0.3 is 4.74 Å². The Balaban J connectivity index is 1.80. The van der Waals surface area contributed by atoms with Gasteiger partial charge in [-0.1, -0.05) is 0 Å². The highest BCUT2D eigenvalue weighted by atomic mass is 16.5. The number of nitrogens with zero attached hydrogens (tertiary/aromatic N) is 4. The third-order valence-corrected chi connectivity index (χ3v) is 2.99. The summed E-state index contributed by atoms with van der Waals surface area (Å²) in [6.07, 6.45) is 4.87. The van der Waals surface area contributed by atoms with E-state index in [1.165, 1.54) is 6.20 Å². The zero-order valence-corrected chi connectivity index (χ0v) is 11.6. The first kappa shape index (κ1) is 13.2. The van der Waals surface area contributed by atoms with Gasteiger partial charge in [-0.15, -0.1) is 0 Å². The van der Waals surface area contributed by atoms with Crippen LogP contribution in [0.5, 0.6) is 0 Å². The third-order valence-electron chi connectivity index (χ3n) is 2.99. The number of carbonyl (C=O) groups is 1. The number of hydrogen-bond donors (Lipinski definition) is 0. The molecule has 6 heteroatoms. The molecular formula is C15H14N4O2. The van der Waals surface area contributed by atoms with Gasteiger partial charge in [0.25, 0.3) is 0 Å². The minimum absolute atomic E-state index is 0.349. The Morgan fingerprint density at radius 2 is 2.24 bits per heavy atom. The second-order valence-corrected chi connectivity index (χ2v) is 4.50. The van der Waals surface area contributed by atoms with E-state index in [0.29, 0.717) is 24.4 Å². The lowest BCUT2D eigenvalue weighted by Crippen LogP contribution is -2.04. The van der Waals surface area contributed by atoms with Gasteiger partial charge >= 0.3 is 5.97 Å². The van der Waals surface area contributed by atoms with Gasteiger partial charge in [0.15, 0.2) is 5.65 Å². The van der Waals surface area contributed by atoms with Crippen LogP contribution in [0.4, 0.5) is 0 Å². The molecule has 106 valence electrons. The van der Waals surface area contributed by atoms with Gasteiger partial charge in [-0.05, 0) is 31.2 Å². The van der Waals surface area contributed by atoms with Crippen molar-refractivity contribution in [3.8, 4) is 0 Å². The molecule has 0 unspecified atom stereocenters. The summed E-state index contributed by atoms with van der Waals surface area (Å²) in [6, 6.07) is 7.74. The van der Waals surface area contributed by atoms with E-state index in [4.69, 9.17) is 4.74 Å². The highest BCUT2D eigenvalue weighted by molar-refractivity contribution is 5.88. The summed E-state index contributed by atoms with van der Waals surface area (Å²) in [5.41, 5.74) is 1.98. The van der Waals surface area contributed by atoms with E-state index >= 15 is 0 Å². The maximum absolute atomic E-state index is 11.6. The van der Waals surface area contributed by atoms with Crippen molar-refractivity contribution in [2.75, 3.05) is 6.61 Å². The van der Waals surface area contributed by atoms with E-state index in [1.54, 1.807) is 24.0 Å². The molecular weight excluding hydrogens is 268 g/mol. The Morgan fingerprint density at radius 1 is 1.33 bits per heavy atom. The smallest absolute Gasteiger partial charge is 0.341 e. The van der Waals surface area contributed by atoms with Gasteiger partial charge in [-0.2, -0.15) is 5.10 Å².